The summed E-state index contributed by atoms with van der Waals surface area (Å²) in [5, 5.41) is 11.3. The summed E-state index contributed by atoms with van der Waals surface area (Å²) in [6.45, 7) is 0.878. The molecule has 1 aliphatic heterocycles. The normalized spacial score (nSPS) is 19.4. The fourth-order valence-electron chi connectivity index (χ4n) is 1.94. The summed E-state index contributed by atoms with van der Waals surface area (Å²) >= 11 is 3.03. The Morgan fingerprint density at radius 2 is 2.37 bits per heavy atom. The molecule has 3 N–H and O–H groups in total. The van der Waals surface area contributed by atoms with Crippen molar-refractivity contribution in [1.29, 1.82) is 0 Å². The number of carbonyl (C=O) groups excluding carboxylic acids is 1. The molecule has 1 unspecified atom stereocenters. The Morgan fingerprint density at radius 1 is 1.58 bits per heavy atom. The minimum absolute atomic E-state index is 0.0212. The maximum absolute atomic E-state index is 12.3. The Kier molecular flexibility index (Phi) is 4.78. The van der Waals surface area contributed by atoms with Crippen LogP contribution in [0.2, 0.25) is 0 Å². The van der Waals surface area contributed by atoms with Gasteiger partial charge in [-0.05, 0) is 0 Å². The van der Waals surface area contributed by atoms with Crippen LogP contribution in [0.3, 0.4) is 0 Å². The topological polar surface area (TPSA) is 96.5 Å². The number of aromatic nitrogens is 1. The molecule has 1 amide bonds. The standard InChI is InChI=1S/C11H15N3O3S2/c12-4-9-13-8(6-19-9)11(17)14-1-2-18-5-7(14)3-10(15)16/h6-7H,1-5,12H2,(H,15,16). The molecule has 0 aromatic carbocycles. The monoisotopic (exact) mass is 301 g/mol. The molecule has 2 heterocycles. The molecule has 2 rings (SSSR count). The molecular weight excluding hydrogens is 286 g/mol. The molecule has 19 heavy (non-hydrogen) atoms. The third-order valence-corrected chi connectivity index (χ3v) is 4.81. The summed E-state index contributed by atoms with van der Waals surface area (Å²) in [7, 11) is 0. The van der Waals surface area contributed by atoms with Crippen LogP contribution >= 0.6 is 23.1 Å². The molecule has 1 saturated heterocycles. The number of carbonyl (C=O) groups is 2. The Labute approximate surface area is 119 Å². The summed E-state index contributed by atoms with van der Waals surface area (Å²) in [6, 6.07) is -0.258. The van der Waals surface area contributed by atoms with E-state index in [0.717, 1.165) is 5.75 Å². The van der Waals surface area contributed by atoms with Crippen molar-refractivity contribution in [2.45, 2.75) is 19.0 Å². The van der Waals surface area contributed by atoms with Crippen molar-refractivity contribution in [3.8, 4) is 0 Å². The zero-order valence-electron chi connectivity index (χ0n) is 10.2. The Morgan fingerprint density at radius 3 is 3.00 bits per heavy atom. The molecule has 0 spiro atoms. The fourth-order valence-corrected chi connectivity index (χ4v) is 3.65. The number of aliphatic carboxylic acids is 1. The van der Waals surface area contributed by atoms with E-state index in [0.29, 0.717) is 29.5 Å². The van der Waals surface area contributed by atoms with Crippen molar-refractivity contribution in [2.75, 3.05) is 18.1 Å². The number of carboxylic acid groups (broad SMARTS) is 1. The molecule has 1 aromatic rings. The molecule has 6 nitrogen and oxygen atoms in total. The van der Waals surface area contributed by atoms with Crippen molar-refractivity contribution in [2.24, 2.45) is 5.73 Å². The van der Waals surface area contributed by atoms with Gasteiger partial charge in [0, 0.05) is 30.0 Å². The van der Waals surface area contributed by atoms with Crippen LogP contribution in [-0.2, 0) is 11.3 Å². The van der Waals surface area contributed by atoms with Crippen LogP contribution in [0.1, 0.15) is 21.9 Å². The molecule has 0 saturated carbocycles. The largest absolute Gasteiger partial charge is 0.481 e. The lowest BCUT2D eigenvalue weighted by Gasteiger charge is -2.34. The third-order valence-electron chi connectivity index (χ3n) is 2.84. The van der Waals surface area contributed by atoms with E-state index in [-0.39, 0.29) is 18.4 Å². The molecule has 104 valence electrons. The molecule has 0 aliphatic carbocycles. The average Bonchev–Trinajstić information content (AvgIpc) is 2.86. The van der Waals surface area contributed by atoms with Gasteiger partial charge in [0.05, 0.1) is 12.5 Å². The van der Waals surface area contributed by atoms with Gasteiger partial charge in [0.15, 0.2) is 0 Å². The van der Waals surface area contributed by atoms with Gasteiger partial charge in [0.2, 0.25) is 0 Å². The van der Waals surface area contributed by atoms with Crippen LogP contribution in [0.5, 0.6) is 0 Å². The second-order valence-electron chi connectivity index (χ2n) is 4.16. The van der Waals surface area contributed by atoms with Gasteiger partial charge in [-0.15, -0.1) is 11.3 Å². The van der Waals surface area contributed by atoms with E-state index < -0.39 is 5.97 Å². The van der Waals surface area contributed by atoms with Gasteiger partial charge in [0.25, 0.3) is 5.91 Å². The van der Waals surface area contributed by atoms with Crippen molar-refractivity contribution < 1.29 is 14.7 Å². The van der Waals surface area contributed by atoms with Crippen molar-refractivity contribution >= 4 is 35.0 Å². The highest BCUT2D eigenvalue weighted by Crippen LogP contribution is 2.22. The Hall–Kier alpha value is -1.12. The first-order chi connectivity index (χ1) is 9.11. The van der Waals surface area contributed by atoms with Gasteiger partial charge in [-0.1, -0.05) is 0 Å². The summed E-state index contributed by atoms with van der Waals surface area (Å²) in [6.07, 6.45) is -0.0212. The summed E-state index contributed by atoms with van der Waals surface area (Å²) in [5.74, 6) is 0.413. The smallest absolute Gasteiger partial charge is 0.305 e. The number of amides is 1. The van der Waals surface area contributed by atoms with Crippen LogP contribution in [0.15, 0.2) is 5.38 Å². The molecule has 1 atom stereocenters. The lowest BCUT2D eigenvalue weighted by molar-refractivity contribution is -0.138. The molecule has 1 aromatic heterocycles. The molecule has 0 bridgehead atoms. The number of thiazole rings is 1. The van der Waals surface area contributed by atoms with Crippen molar-refractivity contribution in [3.05, 3.63) is 16.1 Å². The molecule has 1 fully saturated rings. The number of rotatable bonds is 4. The summed E-state index contributed by atoms with van der Waals surface area (Å²) in [4.78, 5) is 29.0. The highest BCUT2D eigenvalue weighted by atomic mass is 32.2. The minimum atomic E-state index is -0.883. The van der Waals surface area contributed by atoms with Crippen molar-refractivity contribution in [1.82, 2.24) is 9.88 Å². The van der Waals surface area contributed by atoms with E-state index in [1.165, 1.54) is 11.3 Å². The molecule has 8 heteroatoms. The first-order valence-corrected chi connectivity index (χ1v) is 7.90. The van der Waals surface area contributed by atoms with E-state index in [9.17, 15) is 9.59 Å². The number of nitrogens with two attached hydrogens (primary N) is 1. The van der Waals surface area contributed by atoms with E-state index in [1.807, 2.05) is 0 Å². The number of carboxylic acids is 1. The van der Waals surface area contributed by atoms with Crippen LogP contribution in [0.25, 0.3) is 0 Å². The lowest BCUT2D eigenvalue weighted by Crippen LogP contribution is -2.47. The highest BCUT2D eigenvalue weighted by Gasteiger charge is 2.30. The van der Waals surface area contributed by atoms with Crippen LogP contribution in [-0.4, -0.2) is 51.0 Å². The van der Waals surface area contributed by atoms with E-state index in [1.54, 1.807) is 22.0 Å². The van der Waals surface area contributed by atoms with E-state index in [2.05, 4.69) is 4.98 Å². The van der Waals surface area contributed by atoms with Gasteiger partial charge in [-0.2, -0.15) is 11.8 Å². The maximum Gasteiger partial charge on any atom is 0.305 e. The molecule has 0 radical (unpaired) electrons. The second-order valence-corrected chi connectivity index (χ2v) is 6.25. The zero-order valence-corrected chi connectivity index (χ0v) is 11.9. The van der Waals surface area contributed by atoms with E-state index in [4.69, 9.17) is 10.8 Å². The third kappa shape index (κ3) is 3.46. The molecule has 1 aliphatic rings. The van der Waals surface area contributed by atoms with Crippen LogP contribution in [0.4, 0.5) is 0 Å². The van der Waals surface area contributed by atoms with Gasteiger partial charge in [-0.25, -0.2) is 4.98 Å². The predicted octanol–water partition coefficient (Wildman–Crippen LogP) is 0.634. The highest BCUT2D eigenvalue weighted by molar-refractivity contribution is 7.99. The maximum atomic E-state index is 12.3. The average molecular weight is 301 g/mol. The van der Waals surface area contributed by atoms with Crippen LogP contribution in [0, 0.1) is 0 Å². The number of nitrogens with zero attached hydrogens (tertiary/aromatic N) is 2. The first kappa shape index (κ1) is 14.3. The lowest BCUT2D eigenvalue weighted by atomic mass is 10.2. The molecular formula is C11H15N3O3S2. The Balaban J connectivity index is 2.12. The number of hydrogen-bond acceptors (Lipinski definition) is 6. The summed E-state index contributed by atoms with van der Waals surface area (Å²) in [5.41, 5.74) is 5.85. The van der Waals surface area contributed by atoms with Gasteiger partial charge in [-0.3, -0.25) is 9.59 Å². The fraction of sp³-hybridized carbons (Fsp3) is 0.545. The zero-order chi connectivity index (χ0) is 13.8. The SMILES string of the molecule is NCc1nc(C(=O)N2CCSCC2CC(=O)O)cs1. The Bertz CT molecular complexity index is 478. The summed E-state index contributed by atoms with van der Waals surface area (Å²) < 4.78 is 0. The van der Waals surface area contributed by atoms with Gasteiger partial charge in [0.1, 0.15) is 10.7 Å². The van der Waals surface area contributed by atoms with Gasteiger partial charge >= 0.3 is 5.97 Å². The van der Waals surface area contributed by atoms with E-state index >= 15 is 0 Å². The second kappa shape index (κ2) is 6.36. The van der Waals surface area contributed by atoms with Gasteiger partial charge < -0.3 is 15.7 Å². The minimum Gasteiger partial charge on any atom is -0.481 e. The predicted molar refractivity (Wildman–Crippen MR) is 74.4 cm³/mol. The van der Waals surface area contributed by atoms with Crippen LogP contribution < -0.4 is 5.73 Å². The van der Waals surface area contributed by atoms with Crippen molar-refractivity contribution in [3.63, 3.8) is 0 Å². The number of hydrogen-bond donors (Lipinski definition) is 2. The quantitative estimate of drug-likeness (QED) is 0.847. The first-order valence-electron chi connectivity index (χ1n) is 5.86. The number of thioether (sulfide) groups is 1.